The zero-order valence-corrected chi connectivity index (χ0v) is 11.1. The van der Waals surface area contributed by atoms with Crippen molar-refractivity contribution in [3.05, 3.63) is 28.8 Å². The van der Waals surface area contributed by atoms with Gasteiger partial charge in [-0.25, -0.2) is 4.79 Å². The summed E-state index contributed by atoms with van der Waals surface area (Å²) in [4.78, 5) is 11.9. The van der Waals surface area contributed by atoms with Crippen LogP contribution in [-0.4, -0.2) is 16.3 Å². The molecule has 92 valence electrons. The first kappa shape index (κ1) is 12.8. The van der Waals surface area contributed by atoms with Crippen LogP contribution < -0.4 is 0 Å². The molecule has 17 heavy (non-hydrogen) atoms. The van der Waals surface area contributed by atoms with E-state index < -0.39 is 5.97 Å². The average Bonchev–Trinajstić information content (AvgIpc) is 2.30. The lowest BCUT2D eigenvalue weighted by atomic mass is 10.0. The van der Waals surface area contributed by atoms with Gasteiger partial charge in [0.2, 0.25) is 0 Å². The highest BCUT2D eigenvalue weighted by atomic mass is 35.5. The molecule has 0 amide bonds. The molecule has 1 fully saturated rings. The topological polar surface area (TPSA) is 37.3 Å². The molecule has 0 aromatic heterocycles. The predicted molar refractivity (Wildman–Crippen MR) is 71.1 cm³/mol. The molecule has 0 radical (unpaired) electrons. The maximum absolute atomic E-state index is 11.1. The summed E-state index contributed by atoms with van der Waals surface area (Å²) in [7, 11) is 0. The van der Waals surface area contributed by atoms with Gasteiger partial charge in [0.05, 0.1) is 5.56 Å². The van der Waals surface area contributed by atoms with E-state index in [1.165, 1.54) is 32.1 Å². The van der Waals surface area contributed by atoms with Crippen LogP contribution in [0.3, 0.4) is 0 Å². The number of aromatic carboxylic acids is 1. The minimum Gasteiger partial charge on any atom is -0.478 e. The Hall–Kier alpha value is -0.670. The average molecular weight is 271 g/mol. The maximum atomic E-state index is 11.1. The van der Waals surface area contributed by atoms with Crippen LogP contribution in [0.4, 0.5) is 0 Å². The van der Waals surface area contributed by atoms with Gasteiger partial charge in [-0.05, 0) is 31.0 Å². The molecule has 1 aliphatic carbocycles. The van der Waals surface area contributed by atoms with Crippen LogP contribution in [0, 0.1) is 0 Å². The summed E-state index contributed by atoms with van der Waals surface area (Å²) in [5.74, 6) is -0.875. The van der Waals surface area contributed by atoms with E-state index in [2.05, 4.69) is 0 Å². The van der Waals surface area contributed by atoms with Crippen molar-refractivity contribution in [3.63, 3.8) is 0 Å². The van der Waals surface area contributed by atoms with E-state index in [0.29, 0.717) is 15.8 Å². The summed E-state index contributed by atoms with van der Waals surface area (Å²) in [6.07, 6.45) is 6.16. The van der Waals surface area contributed by atoms with E-state index in [9.17, 15) is 4.79 Å². The van der Waals surface area contributed by atoms with Crippen molar-refractivity contribution >= 4 is 29.3 Å². The van der Waals surface area contributed by atoms with Crippen LogP contribution >= 0.6 is 23.4 Å². The van der Waals surface area contributed by atoms with Crippen molar-refractivity contribution in [1.82, 2.24) is 0 Å². The second kappa shape index (κ2) is 5.78. The lowest BCUT2D eigenvalue weighted by molar-refractivity contribution is 0.0693. The van der Waals surface area contributed by atoms with E-state index in [4.69, 9.17) is 16.7 Å². The number of benzene rings is 1. The minimum absolute atomic E-state index is 0.366. The van der Waals surface area contributed by atoms with Crippen molar-refractivity contribution in [2.75, 3.05) is 0 Å². The number of thioether (sulfide) groups is 1. The van der Waals surface area contributed by atoms with Crippen LogP contribution in [0.25, 0.3) is 0 Å². The van der Waals surface area contributed by atoms with Gasteiger partial charge in [-0.2, -0.15) is 0 Å². The third kappa shape index (κ3) is 3.39. The standard InChI is InChI=1S/C13H15ClO2S/c14-9-6-7-11(13(15)16)12(8-9)17-10-4-2-1-3-5-10/h6-8,10H,1-5H2,(H,15,16). The number of hydrogen-bond acceptors (Lipinski definition) is 2. The molecular formula is C13H15ClO2S. The summed E-state index contributed by atoms with van der Waals surface area (Å²) < 4.78 is 0. The monoisotopic (exact) mass is 270 g/mol. The fourth-order valence-corrected chi connectivity index (χ4v) is 3.78. The van der Waals surface area contributed by atoms with Crippen LogP contribution in [0.2, 0.25) is 5.02 Å². The van der Waals surface area contributed by atoms with Crippen LogP contribution in [0.15, 0.2) is 23.1 Å². The molecule has 0 saturated heterocycles. The van der Waals surface area contributed by atoms with Crippen molar-refractivity contribution in [1.29, 1.82) is 0 Å². The Bertz CT molecular complexity index is 414. The van der Waals surface area contributed by atoms with Crippen molar-refractivity contribution in [3.8, 4) is 0 Å². The van der Waals surface area contributed by atoms with Crippen molar-refractivity contribution < 1.29 is 9.90 Å². The lowest BCUT2D eigenvalue weighted by Crippen LogP contribution is -2.09. The molecule has 1 aromatic carbocycles. The summed E-state index contributed by atoms with van der Waals surface area (Å²) in [5.41, 5.74) is 0.366. The number of halogens is 1. The quantitative estimate of drug-likeness (QED) is 0.881. The fraction of sp³-hybridized carbons (Fsp3) is 0.462. The highest BCUT2D eigenvalue weighted by Crippen LogP contribution is 2.36. The van der Waals surface area contributed by atoms with Gasteiger partial charge in [-0.15, -0.1) is 11.8 Å². The molecule has 0 unspecified atom stereocenters. The van der Waals surface area contributed by atoms with Gasteiger partial charge < -0.3 is 5.11 Å². The molecule has 0 heterocycles. The van der Waals surface area contributed by atoms with Gasteiger partial charge >= 0.3 is 5.97 Å². The minimum atomic E-state index is -0.875. The number of carboxylic acids is 1. The molecule has 4 heteroatoms. The van der Waals surface area contributed by atoms with Crippen molar-refractivity contribution in [2.45, 2.75) is 42.2 Å². The van der Waals surface area contributed by atoms with E-state index in [1.807, 2.05) is 0 Å². The summed E-state index contributed by atoms with van der Waals surface area (Å²) in [6, 6.07) is 5.00. The highest BCUT2D eigenvalue weighted by Gasteiger charge is 2.18. The molecule has 2 rings (SSSR count). The third-order valence-corrected chi connectivity index (χ3v) is 4.65. The summed E-state index contributed by atoms with van der Waals surface area (Å²) >= 11 is 7.60. The van der Waals surface area contributed by atoms with Gasteiger partial charge in [0.1, 0.15) is 0 Å². The van der Waals surface area contributed by atoms with E-state index >= 15 is 0 Å². The third-order valence-electron chi connectivity index (χ3n) is 3.02. The van der Waals surface area contributed by atoms with E-state index in [0.717, 1.165) is 4.90 Å². The second-order valence-electron chi connectivity index (χ2n) is 4.32. The first-order valence-electron chi connectivity index (χ1n) is 5.86. The summed E-state index contributed by atoms with van der Waals surface area (Å²) in [6.45, 7) is 0. The summed E-state index contributed by atoms with van der Waals surface area (Å²) in [5, 5.41) is 10.3. The number of rotatable bonds is 3. The van der Waals surface area contributed by atoms with Crippen LogP contribution in [-0.2, 0) is 0 Å². The molecule has 1 saturated carbocycles. The maximum Gasteiger partial charge on any atom is 0.336 e. The Morgan fingerprint density at radius 2 is 2.00 bits per heavy atom. The smallest absolute Gasteiger partial charge is 0.336 e. The molecule has 0 bridgehead atoms. The molecule has 2 nitrogen and oxygen atoms in total. The SMILES string of the molecule is O=C(O)c1ccc(Cl)cc1SC1CCCCC1. The van der Waals surface area contributed by atoms with E-state index in [1.54, 1.807) is 30.0 Å². The fourth-order valence-electron chi connectivity index (χ4n) is 2.13. The lowest BCUT2D eigenvalue weighted by Gasteiger charge is -2.21. The molecule has 1 aromatic rings. The predicted octanol–water partition coefficient (Wildman–Crippen LogP) is 4.46. The van der Waals surface area contributed by atoms with Crippen LogP contribution in [0.1, 0.15) is 42.5 Å². The zero-order valence-electron chi connectivity index (χ0n) is 9.49. The Morgan fingerprint density at radius 3 is 2.65 bits per heavy atom. The second-order valence-corrected chi connectivity index (χ2v) is 6.10. The Kier molecular flexibility index (Phi) is 4.35. The first-order valence-corrected chi connectivity index (χ1v) is 7.12. The van der Waals surface area contributed by atoms with Gasteiger partial charge in [-0.1, -0.05) is 30.9 Å². The zero-order chi connectivity index (χ0) is 12.3. The highest BCUT2D eigenvalue weighted by molar-refractivity contribution is 8.00. The Labute approximate surface area is 110 Å². The van der Waals surface area contributed by atoms with E-state index in [-0.39, 0.29) is 0 Å². The largest absolute Gasteiger partial charge is 0.478 e. The normalized spacial score (nSPS) is 17.0. The van der Waals surface area contributed by atoms with Crippen molar-refractivity contribution in [2.24, 2.45) is 0 Å². The molecule has 0 atom stereocenters. The van der Waals surface area contributed by atoms with Crippen LogP contribution in [0.5, 0.6) is 0 Å². The first-order chi connectivity index (χ1) is 8.16. The molecule has 0 aliphatic heterocycles. The van der Waals surface area contributed by atoms with Gasteiger partial charge in [0.15, 0.2) is 0 Å². The molecular weight excluding hydrogens is 256 g/mol. The Balaban J connectivity index is 2.17. The molecule has 1 aliphatic rings. The van der Waals surface area contributed by atoms with Gasteiger partial charge in [0, 0.05) is 15.2 Å². The molecule has 1 N–H and O–H groups in total. The number of carboxylic acid groups (broad SMARTS) is 1. The molecule has 0 spiro atoms. The van der Waals surface area contributed by atoms with Gasteiger partial charge in [-0.3, -0.25) is 0 Å². The number of carbonyl (C=O) groups is 1. The van der Waals surface area contributed by atoms with Gasteiger partial charge in [0.25, 0.3) is 0 Å². The Morgan fingerprint density at radius 1 is 1.29 bits per heavy atom. The number of hydrogen-bond donors (Lipinski definition) is 1.